The number of anilines is 1. The Balaban J connectivity index is 1.85. The molecule has 0 saturated heterocycles. The van der Waals surface area contributed by atoms with Crippen molar-refractivity contribution in [2.45, 2.75) is 32.4 Å². The Hall–Kier alpha value is -2.37. The van der Waals surface area contributed by atoms with Crippen molar-refractivity contribution in [2.24, 2.45) is 5.92 Å². The highest BCUT2D eigenvalue weighted by Crippen LogP contribution is 2.36. The standard InChI is InChI=1S/C15H18N4O2/c1-10(12-7-8-12)19(9-11-5-3-2-4-6-11)15(20)13-14(16)18-21-17-13/h2-6,10,12H,7-9H2,1H3,(H2,16,18). The number of hydrogen-bond donors (Lipinski definition) is 1. The number of hydrogen-bond acceptors (Lipinski definition) is 5. The van der Waals surface area contributed by atoms with Gasteiger partial charge in [0, 0.05) is 12.6 Å². The molecule has 1 aromatic heterocycles. The van der Waals surface area contributed by atoms with Crippen LogP contribution in [0.25, 0.3) is 0 Å². The summed E-state index contributed by atoms with van der Waals surface area (Å²) in [5, 5.41) is 7.13. The molecule has 1 saturated carbocycles. The molecule has 0 aliphatic heterocycles. The Morgan fingerprint density at radius 1 is 1.38 bits per heavy atom. The summed E-state index contributed by atoms with van der Waals surface area (Å²) in [6, 6.07) is 10.0. The smallest absolute Gasteiger partial charge is 0.280 e. The van der Waals surface area contributed by atoms with Crippen LogP contribution in [-0.4, -0.2) is 27.2 Å². The summed E-state index contributed by atoms with van der Waals surface area (Å²) < 4.78 is 4.55. The quantitative estimate of drug-likeness (QED) is 0.909. The summed E-state index contributed by atoms with van der Waals surface area (Å²) in [5.74, 6) is 0.372. The van der Waals surface area contributed by atoms with E-state index in [2.05, 4.69) is 21.9 Å². The summed E-state index contributed by atoms with van der Waals surface area (Å²) in [7, 11) is 0. The molecule has 1 aliphatic carbocycles. The van der Waals surface area contributed by atoms with E-state index in [0.29, 0.717) is 12.5 Å². The van der Waals surface area contributed by atoms with Gasteiger partial charge in [0.25, 0.3) is 5.91 Å². The molecule has 6 heteroatoms. The number of nitrogens with zero attached hydrogens (tertiary/aromatic N) is 3. The molecule has 3 rings (SSSR count). The molecule has 21 heavy (non-hydrogen) atoms. The summed E-state index contributed by atoms with van der Waals surface area (Å²) >= 11 is 0. The zero-order valence-corrected chi connectivity index (χ0v) is 11.9. The third kappa shape index (κ3) is 2.89. The monoisotopic (exact) mass is 286 g/mol. The Bertz CT molecular complexity index is 622. The Morgan fingerprint density at radius 3 is 2.67 bits per heavy atom. The van der Waals surface area contributed by atoms with E-state index in [-0.39, 0.29) is 23.5 Å². The van der Waals surface area contributed by atoms with Crippen molar-refractivity contribution in [3.63, 3.8) is 0 Å². The molecule has 1 fully saturated rings. The molecule has 1 heterocycles. The summed E-state index contributed by atoms with van der Waals surface area (Å²) in [5.41, 5.74) is 6.82. The maximum absolute atomic E-state index is 12.7. The van der Waals surface area contributed by atoms with Gasteiger partial charge < -0.3 is 10.6 Å². The zero-order chi connectivity index (χ0) is 14.8. The van der Waals surface area contributed by atoms with E-state index in [9.17, 15) is 4.79 Å². The van der Waals surface area contributed by atoms with Crippen LogP contribution in [0.2, 0.25) is 0 Å². The van der Waals surface area contributed by atoms with Crippen LogP contribution in [0.4, 0.5) is 5.82 Å². The lowest BCUT2D eigenvalue weighted by atomic mass is 10.1. The van der Waals surface area contributed by atoms with Gasteiger partial charge in [-0.25, -0.2) is 4.63 Å². The minimum absolute atomic E-state index is 0.0426. The molecular weight excluding hydrogens is 268 g/mol. The Labute approximate surface area is 122 Å². The van der Waals surface area contributed by atoms with Gasteiger partial charge in [-0.15, -0.1) is 0 Å². The van der Waals surface area contributed by atoms with E-state index < -0.39 is 0 Å². The minimum Gasteiger partial charge on any atom is -0.379 e. The fourth-order valence-electron chi connectivity index (χ4n) is 2.49. The van der Waals surface area contributed by atoms with E-state index in [1.54, 1.807) is 0 Å². The van der Waals surface area contributed by atoms with E-state index >= 15 is 0 Å². The maximum Gasteiger partial charge on any atom is 0.280 e. The number of carbonyl (C=O) groups excluding carboxylic acids is 1. The first kappa shape index (κ1) is 13.6. The molecule has 6 nitrogen and oxygen atoms in total. The second-order valence-electron chi connectivity index (χ2n) is 5.49. The topological polar surface area (TPSA) is 85.2 Å². The summed E-state index contributed by atoms with van der Waals surface area (Å²) in [4.78, 5) is 14.5. The first-order chi connectivity index (χ1) is 10.2. The van der Waals surface area contributed by atoms with Crippen LogP contribution in [0.3, 0.4) is 0 Å². The molecular formula is C15H18N4O2. The van der Waals surface area contributed by atoms with Gasteiger partial charge >= 0.3 is 0 Å². The lowest BCUT2D eigenvalue weighted by Crippen LogP contribution is -2.39. The maximum atomic E-state index is 12.7. The molecule has 0 bridgehead atoms. The predicted octanol–water partition coefficient (Wildman–Crippen LogP) is 2.09. The number of carbonyl (C=O) groups is 1. The van der Waals surface area contributed by atoms with E-state index in [1.165, 1.54) is 0 Å². The van der Waals surface area contributed by atoms with Crippen molar-refractivity contribution in [1.82, 2.24) is 15.2 Å². The normalized spacial score (nSPS) is 15.7. The first-order valence-corrected chi connectivity index (χ1v) is 7.09. The fraction of sp³-hybridized carbons (Fsp3) is 0.400. The van der Waals surface area contributed by atoms with Crippen LogP contribution >= 0.6 is 0 Å². The molecule has 1 aromatic carbocycles. The van der Waals surface area contributed by atoms with Gasteiger partial charge in [-0.3, -0.25) is 4.79 Å². The van der Waals surface area contributed by atoms with E-state index in [0.717, 1.165) is 18.4 Å². The molecule has 0 radical (unpaired) electrons. The number of aromatic nitrogens is 2. The fourth-order valence-corrected chi connectivity index (χ4v) is 2.49. The summed E-state index contributed by atoms with van der Waals surface area (Å²) in [6.07, 6.45) is 2.32. The van der Waals surface area contributed by atoms with Gasteiger partial charge in [0.15, 0.2) is 0 Å². The SMILES string of the molecule is CC(C1CC1)N(Cc1ccccc1)C(=O)c1nonc1N. The third-order valence-corrected chi connectivity index (χ3v) is 3.97. The van der Waals surface area contributed by atoms with Crippen LogP contribution < -0.4 is 5.73 Å². The highest BCUT2D eigenvalue weighted by atomic mass is 16.6. The lowest BCUT2D eigenvalue weighted by Gasteiger charge is -2.28. The van der Waals surface area contributed by atoms with Crippen molar-refractivity contribution in [1.29, 1.82) is 0 Å². The molecule has 1 aliphatic rings. The molecule has 1 amide bonds. The van der Waals surface area contributed by atoms with Gasteiger partial charge in [0.1, 0.15) is 0 Å². The average Bonchev–Trinajstić information content (AvgIpc) is 3.26. The van der Waals surface area contributed by atoms with Crippen LogP contribution in [0.5, 0.6) is 0 Å². The predicted molar refractivity (Wildman–Crippen MR) is 77.2 cm³/mol. The van der Waals surface area contributed by atoms with Gasteiger partial charge in [-0.1, -0.05) is 30.3 Å². The number of rotatable bonds is 5. The van der Waals surface area contributed by atoms with Crippen LogP contribution in [0.1, 0.15) is 35.8 Å². The van der Waals surface area contributed by atoms with Crippen molar-refractivity contribution in [3.8, 4) is 0 Å². The number of nitrogens with two attached hydrogens (primary N) is 1. The highest BCUT2D eigenvalue weighted by Gasteiger charge is 2.36. The van der Waals surface area contributed by atoms with Crippen molar-refractivity contribution < 1.29 is 9.42 Å². The molecule has 110 valence electrons. The average molecular weight is 286 g/mol. The van der Waals surface area contributed by atoms with E-state index in [4.69, 9.17) is 5.73 Å². The van der Waals surface area contributed by atoms with Crippen LogP contribution in [0.15, 0.2) is 35.0 Å². The summed E-state index contributed by atoms with van der Waals surface area (Å²) in [6.45, 7) is 2.60. The second kappa shape index (κ2) is 5.55. The molecule has 2 N–H and O–H groups in total. The number of nitrogen functional groups attached to an aromatic ring is 1. The van der Waals surface area contributed by atoms with Gasteiger partial charge in [0.2, 0.25) is 11.5 Å². The first-order valence-electron chi connectivity index (χ1n) is 7.09. The van der Waals surface area contributed by atoms with Crippen molar-refractivity contribution >= 4 is 11.7 Å². The van der Waals surface area contributed by atoms with E-state index in [1.807, 2.05) is 35.2 Å². The van der Waals surface area contributed by atoms with Crippen molar-refractivity contribution in [3.05, 3.63) is 41.6 Å². The second-order valence-corrected chi connectivity index (χ2v) is 5.49. The van der Waals surface area contributed by atoms with Crippen LogP contribution in [0, 0.1) is 5.92 Å². The highest BCUT2D eigenvalue weighted by molar-refractivity contribution is 5.96. The Morgan fingerprint density at radius 2 is 2.10 bits per heavy atom. The van der Waals surface area contributed by atoms with Gasteiger partial charge in [-0.2, -0.15) is 0 Å². The molecule has 2 aromatic rings. The molecule has 1 atom stereocenters. The van der Waals surface area contributed by atoms with Gasteiger partial charge in [0.05, 0.1) is 0 Å². The van der Waals surface area contributed by atoms with Gasteiger partial charge in [-0.05, 0) is 41.6 Å². The van der Waals surface area contributed by atoms with Crippen molar-refractivity contribution in [2.75, 3.05) is 5.73 Å². The Kier molecular flexibility index (Phi) is 3.60. The number of benzene rings is 1. The minimum atomic E-state index is -0.225. The largest absolute Gasteiger partial charge is 0.379 e. The lowest BCUT2D eigenvalue weighted by molar-refractivity contribution is 0.0643. The van der Waals surface area contributed by atoms with Crippen LogP contribution in [-0.2, 0) is 6.54 Å². The number of amides is 1. The molecule has 0 spiro atoms. The zero-order valence-electron chi connectivity index (χ0n) is 11.9. The molecule has 1 unspecified atom stereocenters. The third-order valence-electron chi connectivity index (χ3n) is 3.97.